The van der Waals surface area contributed by atoms with Crippen molar-refractivity contribution in [3.05, 3.63) is 28.3 Å². The van der Waals surface area contributed by atoms with Gasteiger partial charge in [0.1, 0.15) is 6.10 Å². The number of H-pyrrole nitrogens is 1. The van der Waals surface area contributed by atoms with Crippen LogP contribution in [0.4, 0.5) is 5.69 Å². The summed E-state index contributed by atoms with van der Waals surface area (Å²) in [5, 5.41) is 13.9. The van der Waals surface area contributed by atoms with Crippen molar-refractivity contribution in [1.29, 1.82) is 0 Å². The number of non-ortho nitro benzene ring substituents is 1. The van der Waals surface area contributed by atoms with E-state index in [0.717, 1.165) is 19.5 Å². The highest BCUT2D eigenvalue weighted by Gasteiger charge is 2.18. The predicted octanol–water partition coefficient (Wildman–Crippen LogP) is 1.21. The first-order valence-electron chi connectivity index (χ1n) is 5.74. The van der Waals surface area contributed by atoms with E-state index in [9.17, 15) is 10.1 Å². The summed E-state index contributed by atoms with van der Waals surface area (Å²) in [6, 6.07) is 4.93. The molecule has 2 heterocycles. The minimum absolute atomic E-state index is 0.0419. The van der Waals surface area contributed by atoms with Gasteiger partial charge in [-0.1, -0.05) is 0 Å². The summed E-state index contributed by atoms with van der Waals surface area (Å²) < 4.78 is 5.66. The van der Waals surface area contributed by atoms with Crippen LogP contribution in [0.5, 0.6) is 6.01 Å². The second-order valence-corrected chi connectivity index (χ2v) is 4.23. The van der Waals surface area contributed by atoms with Crippen molar-refractivity contribution >= 4 is 16.7 Å². The number of aromatic nitrogens is 2. The average molecular weight is 248 g/mol. The molecule has 0 amide bonds. The van der Waals surface area contributed by atoms with Gasteiger partial charge in [-0.25, -0.2) is 0 Å². The maximum Gasteiger partial charge on any atom is 0.294 e. The van der Waals surface area contributed by atoms with Crippen LogP contribution in [0.2, 0.25) is 0 Å². The highest BCUT2D eigenvalue weighted by molar-refractivity contribution is 5.78. The van der Waals surface area contributed by atoms with E-state index in [2.05, 4.69) is 15.3 Å². The minimum atomic E-state index is -0.429. The van der Waals surface area contributed by atoms with E-state index in [-0.39, 0.29) is 11.8 Å². The standard InChI is InChI=1S/C11H12N4O3/c16-15(17)7-1-2-9-10(5-7)14-11(13-9)18-8-3-4-12-6-8/h1-2,5,8,12H,3-4,6H2,(H,13,14)/t8-/m1/s1. The molecule has 1 aliphatic heterocycles. The Kier molecular flexibility index (Phi) is 2.60. The van der Waals surface area contributed by atoms with Gasteiger partial charge in [-0.2, -0.15) is 4.98 Å². The van der Waals surface area contributed by atoms with Crippen molar-refractivity contribution < 1.29 is 9.66 Å². The molecule has 1 aromatic heterocycles. The zero-order valence-electron chi connectivity index (χ0n) is 9.55. The smallest absolute Gasteiger partial charge is 0.294 e. The fourth-order valence-electron chi connectivity index (χ4n) is 2.03. The molecule has 0 radical (unpaired) electrons. The van der Waals surface area contributed by atoms with Crippen LogP contribution in [0.15, 0.2) is 18.2 Å². The molecular formula is C11H12N4O3. The number of benzene rings is 1. The number of nitrogens with one attached hydrogen (secondary N) is 2. The third-order valence-electron chi connectivity index (χ3n) is 2.95. The lowest BCUT2D eigenvalue weighted by Crippen LogP contribution is -2.20. The maximum absolute atomic E-state index is 10.7. The van der Waals surface area contributed by atoms with E-state index in [1.807, 2.05) is 0 Å². The van der Waals surface area contributed by atoms with Gasteiger partial charge in [0, 0.05) is 18.7 Å². The van der Waals surface area contributed by atoms with Crippen LogP contribution in [0.25, 0.3) is 11.0 Å². The molecule has 3 rings (SSSR count). The van der Waals surface area contributed by atoms with Gasteiger partial charge in [-0.05, 0) is 19.0 Å². The fourth-order valence-corrected chi connectivity index (χ4v) is 2.03. The zero-order valence-corrected chi connectivity index (χ0v) is 9.55. The topological polar surface area (TPSA) is 93.1 Å². The summed E-state index contributed by atoms with van der Waals surface area (Å²) >= 11 is 0. The SMILES string of the molecule is O=[N+]([O-])c1ccc2nc(O[C@@H]3CCNC3)[nH]c2c1. The summed E-state index contributed by atoms with van der Waals surface area (Å²) in [5.74, 6) is 0. The fraction of sp³-hybridized carbons (Fsp3) is 0.364. The van der Waals surface area contributed by atoms with Crippen LogP contribution in [0.1, 0.15) is 6.42 Å². The van der Waals surface area contributed by atoms with Crippen molar-refractivity contribution in [2.24, 2.45) is 0 Å². The van der Waals surface area contributed by atoms with Crippen LogP contribution in [0, 0.1) is 10.1 Å². The Morgan fingerprint density at radius 2 is 2.39 bits per heavy atom. The lowest BCUT2D eigenvalue weighted by atomic mass is 10.3. The number of aromatic amines is 1. The third kappa shape index (κ3) is 2.00. The first-order chi connectivity index (χ1) is 8.72. The molecule has 0 saturated carbocycles. The highest BCUT2D eigenvalue weighted by Crippen LogP contribution is 2.22. The van der Waals surface area contributed by atoms with E-state index >= 15 is 0 Å². The number of rotatable bonds is 3. The Hall–Kier alpha value is -2.15. The number of hydrogen-bond acceptors (Lipinski definition) is 5. The zero-order chi connectivity index (χ0) is 12.5. The van der Waals surface area contributed by atoms with Crippen LogP contribution in [-0.2, 0) is 0 Å². The molecule has 7 heteroatoms. The first kappa shape index (κ1) is 11.0. The van der Waals surface area contributed by atoms with Crippen LogP contribution in [-0.4, -0.2) is 34.1 Å². The Bertz CT molecular complexity index is 589. The first-order valence-corrected chi connectivity index (χ1v) is 5.74. The molecule has 1 fully saturated rings. The third-order valence-corrected chi connectivity index (χ3v) is 2.95. The summed E-state index contributed by atoms with van der Waals surface area (Å²) in [6.45, 7) is 1.74. The monoisotopic (exact) mass is 248 g/mol. The normalized spacial score (nSPS) is 19.2. The minimum Gasteiger partial charge on any atom is -0.460 e. The second-order valence-electron chi connectivity index (χ2n) is 4.23. The molecule has 0 aliphatic carbocycles. The number of nitro benzene ring substituents is 1. The largest absolute Gasteiger partial charge is 0.460 e. The molecule has 1 aromatic carbocycles. The van der Waals surface area contributed by atoms with Crippen LogP contribution in [0.3, 0.4) is 0 Å². The summed E-state index contributed by atoms with van der Waals surface area (Å²) in [5.41, 5.74) is 1.33. The molecule has 0 unspecified atom stereocenters. The van der Waals surface area contributed by atoms with E-state index in [1.165, 1.54) is 12.1 Å². The summed E-state index contributed by atoms with van der Waals surface area (Å²) in [7, 11) is 0. The molecule has 94 valence electrons. The Labute approximate surface area is 102 Å². The number of fused-ring (bicyclic) bond motifs is 1. The van der Waals surface area contributed by atoms with Crippen molar-refractivity contribution in [3.8, 4) is 6.01 Å². The van der Waals surface area contributed by atoms with Crippen LogP contribution >= 0.6 is 0 Å². The Balaban J connectivity index is 1.87. The summed E-state index contributed by atoms with van der Waals surface area (Å²) in [4.78, 5) is 17.4. The molecular weight excluding hydrogens is 236 g/mol. The molecule has 2 aromatic rings. The van der Waals surface area contributed by atoms with Gasteiger partial charge in [0.05, 0.1) is 16.0 Å². The molecule has 2 N–H and O–H groups in total. The lowest BCUT2D eigenvalue weighted by Gasteiger charge is -2.07. The van der Waals surface area contributed by atoms with Gasteiger partial charge >= 0.3 is 0 Å². The lowest BCUT2D eigenvalue weighted by molar-refractivity contribution is -0.384. The molecule has 7 nitrogen and oxygen atoms in total. The molecule has 1 aliphatic rings. The molecule has 1 atom stereocenters. The predicted molar refractivity (Wildman–Crippen MR) is 64.7 cm³/mol. The average Bonchev–Trinajstić information content (AvgIpc) is 2.96. The van der Waals surface area contributed by atoms with E-state index in [0.29, 0.717) is 17.0 Å². The Morgan fingerprint density at radius 3 is 3.11 bits per heavy atom. The van der Waals surface area contributed by atoms with Gasteiger partial charge < -0.3 is 15.0 Å². The van der Waals surface area contributed by atoms with Crippen LogP contribution < -0.4 is 10.1 Å². The van der Waals surface area contributed by atoms with E-state index in [4.69, 9.17) is 4.74 Å². The molecule has 0 spiro atoms. The van der Waals surface area contributed by atoms with Gasteiger partial charge in [-0.15, -0.1) is 0 Å². The van der Waals surface area contributed by atoms with E-state index in [1.54, 1.807) is 6.07 Å². The van der Waals surface area contributed by atoms with Gasteiger partial charge in [0.2, 0.25) is 0 Å². The van der Waals surface area contributed by atoms with E-state index < -0.39 is 4.92 Å². The van der Waals surface area contributed by atoms with Crippen molar-refractivity contribution in [2.45, 2.75) is 12.5 Å². The second kappa shape index (κ2) is 4.26. The number of hydrogen-bond donors (Lipinski definition) is 2. The van der Waals surface area contributed by atoms with Crippen molar-refractivity contribution in [1.82, 2.24) is 15.3 Å². The highest BCUT2D eigenvalue weighted by atomic mass is 16.6. The quantitative estimate of drug-likeness (QED) is 0.629. The maximum atomic E-state index is 10.7. The van der Waals surface area contributed by atoms with Crippen molar-refractivity contribution in [3.63, 3.8) is 0 Å². The molecule has 1 saturated heterocycles. The number of nitro groups is 1. The number of imidazole rings is 1. The van der Waals surface area contributed by atoms with Gasteiger partial charge in [0.25, 0.3) is 11.7 Å². The molecule has 18 heavy (non-hydrogen) atoms. The van der Waals surface area contributed by atoms with Gasteiger partial charge in [-0.3, -0.25) is 10.1 Å². The van der Waals surface area contributed by atoms with Crippen molar-refractivity contribution in [2.75, 3.05) is 13.1 Å². The molecule has 0 bridgehead atoms. The number of ether oxygens (including phenoxy) is 1. The number of nitrogens with zero attached hydrogens (tertiary/aromatic N) is 2. The Morgan fingerprint density at radius 1 is 1.50 bits per heavy atom. The summed E-state index contributed by atoms with van der Waals surface area (Å²) in [6.07, 6.45) is 1.05. The van der Waals surface area contributed by atoms with Gasteiger partial charge in [0.15, 0.2) is 0 Å².